The van der Waals surface area contributed by atoms with E-state index in [1.165, 1.54) is 51.2 Å². The van der Waals surface area contributed by atoms with Crippen LogP contribution in [-0.4, -0.2) is 25.2 Å². The first kappa shape index (κ1) is 22.6. The maximum atomic E-state index is 11.6. The zero-order valence-corrected chi connectivity index (χ0v) is 20.0. The number of fused-ring (bicyclic) bond motifs is 5. The van der Waals surface area contributed by atoms with Gasteiger partial charge in [-0.05, 0) is 91.8 Å². The minimum atomic E-state index is -0.272. The van der Waals surface area contributed by atoms with E-state index < -0.39 is 0 Å². The van der Waals surface area contributed by atoms with Crippen LogP contribution in [-0.2, 0) is 19.1 Å². The molecular weight excluding hydrogens is 388 g/mol. The lowest BCUT2D eigenvalue weighted by atomic mass is 9.44. The molecule has 0 aromatic rings. The minimum absolute atomic E-state index is 0.128. The van der Waals surface area contributed by atoms with Crippen molar-refractivity contribution in [1.82, 2.24) is 0 Å². The molecule has 4 aliphatic carbocycles. The van der Waals surface area contributed by atoms with Gasteiger partial charge in [-0.2, -0.15) is 0 Å². The smallest absolute Gasteiger partial charge is 0.330 e. The van der Waals surface area contributed by atoms with E-state index in [9.17, 15) is 9.59 Å². The Kier molecular flexibility index (Phi) is 6.13. The van der Waals surface area contributed by atoms with Gasteiger partial charge in [0.15, 0.2) is 0 Å². The Morgan fingerprint density at radius 1 is 1.13 bits per heavy atom. The highest BCUT2D eigenvalue weighted by Crippen LogP contribution is 2.67. The van der Waals surface area contributed by atoms with Crippen molar-refractivity contribution in [2.24, 2.45) is 40.4 Å². The summed E-state index contributed by atoms with van der Waals surface area (Å²) in [6, 6.07) is 0. The summed E-state index contributed by atoms with van der Waals surface area (Å²) in [5.41, 5.74) is 2.17. The lowest BCUT2D eigenvalue weighted by Gasteiger charge is -2.61. The zero-order chi connectivity index (χ0) is 22.4. The van der Waals surface area contributed by atoms with Gasteiger partial charge in [-0.15, -0.1) is 0 Å². The SMILES string of the molecule is COC(=O)/C=C/[C@@H](C)C1=CC[C@H]2[C@@H]3CC[C@@H]4C[C@@H](OC(C)=O)CC[C@]4(C)[C@H]3CC[C@]12C. The van der Waals surface area contributed by atoms with Crippen LogP contribution in [0.2, 0.25) is 0 Å². The first-order valence-corrected chi connectivity index (χ1v) is 12.3. The van der Waals surface area contributed by atoms with Gasteiger partial charge in [0.1, 0.15) is 6.10 Å². The molecule has 0 radical (unpaired) electrons. The fourth-order valence-electron chi connectivity index (χ4n) is 8.26. The molecule has 0 heterocycles. The molecule has 0 amide bonds. The van der Waals surface area contributed by atoms with Gasteiger partial charge in [-0.25, -0.2) is 4.79 Å². The lowest BCUT2D eigenvalue weighted by Crippen LogP contribution is -2.54. The van der Waals surface area contributed by atoms with Gasteiger partial charge in [-0.3, -0.25) is 4.79 Å². The minimum Gasteiger partial charge on any atom is -0.466 e. The summed E-state index contributed by atoms with van der Waals surface area (Å²) < 4.78 is 10.4. The number of hydrogen-bond acceptors (Lipinski definition) is 4. The fourth-order valence-corrected chi connectivity index (χ4v) is 8.26. The predicted octanol–water partition coefficient (Wildman–Crippen LogP) is 5.86. The predicted molar refractivity (Wildman–Crippen MR) is 121 cm³/mol. The van der Waals surface area contributed by atoms with E-state index in [-0.39, 0.29) is 29.4 Å². The van der Waals surface area contributed by atoms with E-state index in [2.05, 4.69) is 26.8 Å². The fraction of sp³-hybridized carbons (Fsp3) is 0.778. The Bertz CT molecular complexity index is 782. The molecule has 3 fully saturated rings. The summed E-state index contributed by atoms with van der Waals surface area (Å²) >= 11 is 0. The zero-order valence-electron chi connectivity index (χ0n) is 20.0. The number of carbonyl (C=O) groups is 2. The van der Waals surface area contributed by atoms with E-state index in [4.69, 9.17) is 9.47 Å². The Balaban J connectivity index is 1.49. The molecule has 8 atom stereocenters. The summed E-state index contributed by atoms with van der Waals surface area (Å²) in [6.45, 7) is 8.80. The number of hydrogen-bond donors (Lipinski definition) is 0. The molecule has 0 N–H and O–H groups in total. The Labute approximate surface area is 187 Å². The summed E-state index contributed by atoms with van der Waals surface area (Å²) in [6.07, 6.45) is 15.8. The van der Waals surface area contributed by atoms with Gasteiger partial charge in [0.2, 0.25) is 0 Å². The van der Waals surface area contributed by atoms with Gasteiger partial charge in [0.05, 0.1) is 7.11 Å². The molecule has 0 bridgehead atoms. The molecule has 0 aliphatic heterocycles. The standard InChI is InChI=1S/C27H40O4/c1-17(6-11-25(29)30-5)22-9-10-23-21-8-7-19-16-20(31-18(2)28)12-14-26(19,3)24(21)13-15-27(22,23)4/h6,9,11,17,19-21,23-24H,7-8,10,12-16H2,1-5H3/b11-6+/t17-,19-,20+,21+,23+,24+,26+,27-/m1/s1. The number of ether oxygens (including phenoxy) is 2. The van der Waals surface area contributed by atoms with Crippen LogP contribution in [0.5, 0.6) is 0 Å². The highest BCUT2D eigenvalue weighted by atomic mass is 16.5. The molecule has 0 aromatic carbocycles. The maximum Gasteiger partial charge on any atom is 0.330 e. The number of methoxy groups -OCH3 is 1. The van der Waals surface area contributed by atoms with E-state index in [1.807, 2.05) is 6.08 Å². The Morgan fingerprint density at radius 2 is 1.90 bits per heavy atom. The molecule has 172 valence electrons. The van der Waals surface area contributed by atoms with Crippen molar-refractivity contribution >= 4 is 11.9 Å². The summed E-state index contributed by atoms with van der Waals surface area (Å²) in [4.78, 5) is 23.0. The third-order valence-corrected chi connectivity index (χ3v) is 9.80. The molecule has 4 nitrogen and oxygen atoms in total. The molecule has 0 saturated heterocycles. The summed E-state index contributed by atoms with van der Waals surface area (Å²) in [5, 5.41) is 0. The van der Waals surface area contributed by atoms with Crippen LogP contribution in [0.3, 0.4) is 0 Å². The van der Waals surface area contributed by atoms with E-state index in [0.29, 0.717) is 11.3 Å². The van der Waals surface area contributed by atoms with Crippen molar-refractivity contribution in [3.05, 3.63) is 23.8 Å². The average molecular weight is 429 g/mol. The summed E-state index contributed by atoms with van der Waals surface area (Å²) in [5.74, 6) is 2.86. The molecule has 3 saturated carbocycles. The first-order valence-electron chi connectivity index (χ1n) is 12.3. The van der Waals surface area contributed by atoms with Crippen LogP contribution in [0, 0.1) is 40.4 Å². The lowest BCUT2D eigenvalue weighted by molar-refractivity contribution is -0.158. The van der Waals surface area contributed by atoms with Crippen molar-refractivity contribution < 1.29 is 19.1 Å². The molecule has 4 rings (SSSR count). The van der Waals surface area contributed by atoms with Gasteiger partial charge in [0, 0.05) is 13.0 Å². The van der Waals surface area contributed by atoms with Gasteiger partial charge < -0.3 is 9.47 Å². The quantitative estimate of drug-likeness (QED) is 0.320. The number of allylic oxidation sites excluding steroid dienone is 3. The van der Waals surface area contributed by atoms with Crippen molar-refractivity contribution in [2.45, 2.75) is 85.2 Å². The van der Waals surface area contributed by atoms with Crippen molar-refractivity contribution in [1.29, 1.82) is 0 Å². The van der Waals surface area contributed by atoms with Crippen LogP contribution in [0.4, 0.5) is 0 Å². The van der Waals surface area contributed by atoms with E-state index >= 15 is 0 Å². The molecule has 31 heavy (non-hydrogen) atoms. The second kappa shape index (κ2) is 8.41. The maximum absolute atomic E-state index is 11.6. The monoisotopic (exact) mass is 428 g/mol. The van der Waals surface area contributed by atoms with Crippen molar-refractivity contribution in [3.8, 4) is 0 Å². The van der Waals surface area contributed by atoms with Gasteiger partial charge in [0.25, 0.3) is 0 Å². The normalized spacial score (nSPS) is 42.7. The van der Waals surface area contributed by atoms with E-state index in [0.717, 1.165) is 30.6 Å². The van der Waals surface area contributed by atoms with E-state index in [1.54, 1.807) is 13.0 Å². The largest absolute Gasteiger partial charge is 0.466 e. The highest BCUT2D eigenvalue weighted by Gasteiger charge is 2.58. The molecule has 0 spiro atoms. The number of carbonyl (C=O) groups excluding carboxylic acids is 2. The van der Waals surface area contributed by atoms with Gasteiger partial charge in [-0.1, -0.05) is 38.5 Å². The van der Waals surface area contributed by atoms with Crippen LogP contribution in [0.1, 0.15) is 79.1 Å². The Hall–Kier alpha value is -1.58. The highest BCUT2D eigenvalue weighted by molar-refractivity contribution is 5.81. The molecule has 4 heteroatoms. The van der Waals surface area contributed by atoms with Crippen LogP contribution in [0.25, 0.3) is 0 Å². The third kappa shape index (κ3) is 3.89. The second-order valence-corrected chi connectivity index (χ2v) is 11.2. The average Bonchev–Trinajstić information content (AvgIpc) is 3.09. The molecular formula is C27H40O4. The molecule has 0 unspecified atom stereocenters. The summed E-state index contributed by atoms with van der Waals surface area (Å²) in [7, 11) is 1.43. The number of rotatable bonds is 4. The van der Waals surface area contributed by atoms with Crippen molar-refractivity contribution in [3.63, 3.8) is 0 Å². The van der Waals surface area contributed by atoms with Crippen LogP contribution in [0.15, 0.2) is 23.8 Å². The molecule has 0 aromatic heterocycles. The third-order valence-electron chi connectivity index (χ3n) is 9.80. The first-order chi connectivity index (χ1) is 14.7. The second-order valence-electron chi connectivity index (χ2n) is 11.2. The Morgan fingerprint density at radius 3 is 2.61 bits per heavy atom. The van der Waals surface area contributed by atoms with Crippen molar-refractivity contribution in [2.75, 3.05) is 7.11 Å². The molecule has 4 aliphatic rings. The number of esters is 2. The van der Waals surface area contributed by atoms with Gasteiger partial charge >= 0.3 is 11.9 Å². The topological polar surface area (TPSA) is 52.6 Å². The van der Waals surface area contributed by atoms with Crippen LogP contribution < -0.4 is 0 Å². The van der Waals surface area contributed by atoms with Crippen LogP contribution >= 0.6 is 0 Å².